The number of sulfonamides is 1. The summed E-state index contributed by atoms with van der Waals surface area (Å²) in [6.07, 6.45) is 3.08. The first-order valence-corrected chi connectivity index (χ1v) is 11.1. The molecule has 0 radical (unpaired) electrons. The summed E-state index contributed by atoms with van der Waals surface area (Å²) in [6.45, 7) is 1.96. The van der Waals surface area contributed by atoms with Crippen LogP contribution >= 0.6 is 15.9 Å². The summed E-state index contributed by atoms with van der Waals surface area (Å²) in [5.41, 5.74) is 2.60. The third kappa shape index (κ3) is 4.15. The minimum atomic E-state index is -3.70. The van der Waals surface area contributed by atoms with Crippen LogP contribution in [-0.4, -0.2) is 30.1 Å². The highest BCUT2D eigenvalue weighted by atomic mass is 79.9. The Hall–Kier alpha value is -1.96. The number of rotatable bonds is 4. The van der Waals surface area contributed by atoms with E-state index in [9.17, 15) is 18.3 Å². The Balaban J connectivity index is 2.21. The van der Waals surface area contributed by atoms with Crippen molar-refractivity contribution in [3.63, 3.8) is 0 Å². The Kier molecular flexibility index (Phi) is 5.55. The van der Waals surface area contributed by atoms with Crippen LogP contribution in [-0.2, 0) is 14.8 Å². The number of hydrogen-bond acceptors (Lipinski definition) is 3. The second-order valence-corrected chi connectivity index (χ2v) is 9.48. The van der Waals surface area contributed by atoms with Crippen LogP contribution in [0, 0.1) is 6.92 Å². The monoisotopic (exact) mass is 449 g/mol. The van der Waals surface area contributed by atoms with Crippen LogP contribution in [0.3, 0.4) is 0 Å². The number of nitrogens with zero attached hydrogens (tertiary/aromatic N) is 1. The number of carbonyl (C=O) groups is 1. The van der Waals surface area contributed by atoms with E-state index in [-0.39, 0.29) is 5.57 Å². The number of aliphatic carboxylic acids is 1. The Morgan fingerprint density at radius 1 is 1.15 bits per heavy atom. The fraction of sp³-hybridized carbons (Fsp3) is 0.250. The van der Waals surface area contributed by atoms with E-state index in [1.165, 1.54) is 4.31 Å². The molecule has 1 aliphatic heterocycles. The second-order valence-electron chi connectivity index (χ2n) is 6.68. The Morgan fingerprint density at radius 2 is 1.81 bits per heavy atom. The molecule has 7 heteroatoms. The van der Waals surface area contributed by atoms with E-state index in [2.05, 4.69) is 15.9 Å². The zero-order valence-electron chi connectivity index (χ0n) is 15.0. The predicted molar refractivity (Wildman–Crippen MR) is 108 cm³/mol. The molecule has 1 heterocycles. The Labute approximate surface area is 167 Å². The molecule has 0 saturated heterocycles. The van der Waals surface area contributed by atoms with Gasteiger partial charge in [-0.15, -0.1) is 0 Å². The molecule has 0 aromatic heterocycles. The molecule has 3 rings (SSSR count). The SMILES string of the molecule is Cc1ccc([C@@H]2CC=C(C(=O)O)[C@H](c3cccc(Br)c3)N2S(C)(=O)=O)cc1. The zero-order chi connectivity index (χ0) is 19.8. The first-order chi connectivity index (χ1) is 12.7. The molecule has 2 aromatic carbocycles. The zero-order valence-corrected chi connectivity index (χ0v) is 17.4. The van der Waals surface area contributed by atoms with Gasteiger partial charge in [0.05, 0.1) is 23.9 Å². The average molecular weight is 450 g/mol. The second kappa shape index (κ2) is 7.58. The van der Waals surface area contributed by atoms with Gasteiger partial charge in [0.2, 0.25) is 10.0 Å². The maximum Gasteiger partial charge on any atom is 0.333 e. The summed E-state index contributed by atoms with van der Waals surface area (Å²) in [7, 11) is -3.70. The van der Waals surface area contributed by atoms with E-state index in [1.54, 1.807) is 24.3 Å². The molecule has 0 spiro atoms. The van der Waals surface area contributed by atoms with Crippen molar-refractivity contribution in [3.8, 4) is 0 Å². The molecule has 0 saturated carbocycles. The molecule has 2 atom stereocenters. The lowest BCUT2D eigenvalue weighted by atomic mass is 9.89. The van der Waals surface area contributed by atoms with Gasteiger partial charge in [0.1, 0.15) is 0 Å². The number of hydrogen-bond donors (Lipinski definition) is 1. The summed E-state index contributed by atoms with van der Waals surface area (Å²) < 4.78 is 27.6. The molecular formula is C20H20BrNO4S. The van der Waals surface area contributed by atoms with Crippen molar-refractivity contribution >= 4 is 31.9 Å². The third-order valence-corrected chi connectivity index (χ3v) is 6.40. The first-order valence-electron chi connectivity index (χ1n) is 8.42. The molecule has 5 nitrogen and oxygen atoms in total. The van der Waals surface area contributed by atoms with Gasteiger partial charge in [-0.1, -0.05) is 64.0 Å². The van der Waals surface area contributed by atoms with Crippen molar-refractivity contribution in [2.75, 3.05) is 6.26 Å². The van der Waals surface area contributed by atoms with Crippen molar-refractivity contribution in [2.24, 2.45) is 0 Å². The summed E-state index contributed by atoms with van der Waals surface area (Å²) in [5, 5.41) is 9.71. The van der Waals surface area contributed by atoms with E-state index in [0.717, 1.165) is 21.9 Å². The molecule has 2 aromatic rings. The quantitative estimate of drug-likeness (QED) is 0.757. The molecule has 0 fully saturated rings. The third-order valence-electron chi connectivity index (χ3n) is 4.67. The van der Waals surface area contributed by atoms with Gasteiger partial charge in [0, 0.05) is 4.47 Å². The molecule has 0 aliphatic carbocycles. The average Bonchev–Trinajstić information content (AvgIpc) is 2.60. The van der Waals surface area contributed by atoms with Crippen LogP contribution in [0.1, 0.15) is 35.2 Å². The minimum Gasteiger partial charge on any atom is -0.478 e. The molecule has 27 heavy (non-hydrogen) atoms. The van der Waals surface area contributed by atoms with Crippen molar-refractivity contribution < 1.29 is 18.3 Å². The molecule has 1 aliphatic rings. The summed E-state index contributed by atoms with van der Waals surface area (Å²) >= 11 is 3.39. The van der Waals surface area contributed by atoms with Gasteiger partial charge in [-0.3, -0.25) is 0 Å². The van der Waals surface area contributed by atoms with Crippen molar-refractivity contribution in [1.82, 2.24) is 4.31 Å². The summed E-state index contributed by atoms with van der Waals surface area (Å²) in [6, 6.07) is 13.4. The minimum absolute atomic E-state index is 0.0712. The van der Waals surface area contributed by atoms with E-state index < -0.39 is 28.1 Å². The Bertz CT molecular complexity index is 999. The van der Waals surface area contributed by atoms with Crippen LogP contribution in [0.25, 0.3) is 0 Å². The van der Waals surface area contributed by atoms with Crippen molar-refractivity contribution in [2.45, 2.75) is 25.4 Å². The van der Waals surface area contributed by atoms with Crippen LogP contribution in [0.5, 0.6) is 0 Å². The number of halogens is 1. The lowest BCUT2D eigenvalue weighted by Gasteiger charge is -2.40. The van der Waals surface area contributed by atoms with Crippen molar-refractivity contribution in [3.05, 3.63) is 81.3 Å². The molecule has 0 unspecified atom stereocenters. The van der Waals surface area contributed by atoms with Crippen LogP contribution in [0.2, 0.25) is 0 Å². The molecule has 142 valence electrons. The van der Waals surface area contributed by atoms with E-state index in [0.29, 0.717) is 12.0 Å². The number of carboxylic acid groups (broad SMARTS) is 1. The predicted octanol–water partition coefficient (Wildman–Crippen LogP) is 4.22. The normalized spacial score (nSPS) is 20.9. The fourth-order valence-corrected chi connectivity index (χ4v) is 5.18. The lowest BCUT2D eigenvalue weighted by molar-refractivity contribution is -0.133. The number of benzene rings is 2. The topological polar surface area (TPSA) is 74.7 Å². The van der Waals surface area contributed by atoms with Gasteiger partial charge in [0.15, 0.2) is 0 Å². The standard InChI is InChI=1S/C20H20BrNO4S/c1-13-6-8-14(9-7-13)18-11-10-17(20(23)24)19(22(18)27(2,25)26)15-4-3-5-16(21)12-15/h3-10,12,18-19H,11H2,1-2H3,(H,23,24)/t18-,19-/m0/s1. The van der Waals surface area contributed by atoms with Crippen LogP contribution in [0.4, 0.5) is 0 Å². The first kappa shape index (κ1) is 19.8. The van der Waals surface area contributed by atoms with Gasteiger partial charge in [-0.25, -0.2) is 13.2 Å². The largest absolute Gasteiger partial charge is 0.478 e. The lowest BCUT2D eigenvalue weighted by Crippen LogP contribution is -2.41. The van der Waals surface area contributed by atoms with E-state index in [4.69, 9.17) is 0 Å². The molecular weight excluding hydrogens is 430 g/mol. The highest BCUT2D eigenvalue weighted by Crippen LogP contribution is 2.44. The maximum absolute atomic E-state index is 12.8. The van der Waals surface area contributed by atoms with Gasteiger partial charge in [-0.05, 0) is 36.6 Å². The molecule has 0 amide bonds. The van der Waals surface area contributed by atoms with Gasteiger partial charge in [0.25, 0.3) is 0 Å². The number of carboxylic acids is 1. The Morgan fingerprint density at radius 3 is 2.37 bits per heavy atom. The van der Waals surface area contributed by atoms with Gasteiger partial charge in [-0.2, -0.15) is 4.31 Å². The molecule has 0 bridgehead atoms. The highest BCUT2D eigenvalue weighted by molar-refractivity contribution is 9.10. The van der Waals surface area contributed by atoms with Gasteiger partial charge >= 0.3 is 5.97 Å². The van der Waals surface area contributed by atoms with Gasteiger partial charge < -0.3 is 5.11 Å². The summed E-state index contributed by atoms with van der Waals surface area (Å²) in [4.78, 5) is 11.9. The van der Waals surface area contributed by atoms with Crippen LogP contribution < -0.4 is 0 Å². The van der Waals surface area contributed by atoms with Crippen LogP contribution in [0.15, 0.2) is 64.7 Å². The van der Waals surface area contributed by atoms with Crippen molar-refractivity contribution in [1.29, 1.82) is 0 Å². The smallest absolute Gasteiger partial charge is 0.333 e. The van der Waals surface area contributed by atoms with E-state index >= 15 is 0 Å². The highest BCUT2D eigenvalue weighted by Gasteiger charge is 2.42. The fourth-order valence-electron chi connectivity index (χ4n) is 3.47. The summed E-state index contributed by atoms with van der Waals surface area (Å²) in [5.74, 6) is -1.11. The number of aryl methyl sites for hydroxylation is 1. The molecule has 1 N–H and O–H groups in total. The maximum atomic E-state index is 12.8. The van der Waals surface area contributed by atoms with E-state index in [1.807, 2.05) is 37.3 Å².